The lowest BCUT2D eigenvalue weighted by atomic mass is 9.93. The van der Waals surface area contributed by atoms with Crippen LogP contribution in [0.15, 0.2) is 18.3 Å². The van der Waals surface area contributed by atoms with Crippen LogP contribution in [0.2, 0.25) is 0 Å². The maximum atomic E-state index is 12.2. The number of aromatic nitrogens is 3. The molecule has 0 aromatic carbocycles. The number of aromatic amines is 1. The second kappa shape index (κ2) is 7.09. The molecule has 140 valence electrons. The fraction of sp³-hybridized carbons (Fsp3) is 0.550. The Morgan fingerprint density at radius 1 is 1.27 bits per heavy atom. The van der Waals surface area contributed by atoms with Crippen LogP contribution in [0, 0.1) is 13.8 Å². The van der Waals surface area contributed by atoms with Gasteiger partial charge in [0, 0.05) is 42.2 Å². The molecule has 0 atom stereocenters. The number of carbonyl (C=O) groups is 1. The maximum absolute atomic E-state index is 12.2. The number of piperidine rings is 1. The molecular weight excluding hydrogens is 328 g/mol. The van der Waals surface area contributed by atoms with Crippen LogP contribution in [0.4, 0.5) is 4.79 Å². The number of amides is 1. The molecule has 0 bridgehead atoms. The number of rotatable bonds is 2. The molecule has 1 aliphatic heterocycles. The molecule has 26 heavy (non-hydrogen) atoms. The summed E-state index contributed by atoms with van der Waals surface area (Å²) in [6.45, 7) is 11.2. The first-order chi connectivity index (χ1) is 12.2. The van der Waals surface area contributed by atoms with Crippen molar-refractivity contribution in [3.05, 3.63) is 35.3 Å². The van der Waals surface area contributed by atoms with Crippen molar-refractivity contribution in [1.82, 2.24) is 20.1 Å². The van der Waals surface area contributed by atoms with E-state index in [4.69, 9.17) is 4.74 Å². The zero-order chi connectivity index (χ0) is 18.9. The van der Waals surface area contributed by atoms with Gasteiger partial charge in [-0.15, -0.1) is 0 Å². The predicted molar refractivity (Wildman–Crippen MR) is 101 cm³/mol. The monoisotopic (exact) mass is 356 g/mol. The van der Waals surface area contributed by atoms with E-state index in [0.29, 0.717) is 19.0 Å². The summed E-state index contributed by atoms with van der Waals surface area (Å²) in [5.74, 6) is 0.382. The molecule has 0 spiro atoms. The zero-order valence-electron chi connectivity index (χ0n) is 16.3. The van der Waals surface area contributed by atoms with Gasteiger partial charge < -0.3 is 9.64 Å². The smallest absolute Gasteiger partial charge is 0.410 e. The van der Waals surface area contributed by atoms with E-state index < -0.39 is 5.60 Å². The van der Waals surface area contributed by atoms with E-state index in [1.807, 2.05) is 40.0 Å². The quantitative estimate of drug-likeness (QED) is 0.875. The lowest BCUT2D eigenvalue weighted by Gasteiger charge is -2.33. The van der Waals surface area contributed by atoms with Crippen molar-refractivity contribution in [1.29, 1.82) is 0 Å². The predicted octanol–water partition coefficient (Wildman–Crippen LogP) is 4.20. The number of nitrogens with zero attached hydrogens (tertiary/aromatic N) is 3. The van der Waals surface area contributed by atoms with Gasteiger partial charge in [-0.1, -0.05) is 0 Å². The number of H-pyrrole nitrogens is 1. The molecule has 6 nitrogen and oxygen atoms in total. The highest BCUT2D eigenvalue weighted by atomic mass is 16.6. The van der Waals surface area contributed by atoms with Crippen LogP contribution in [0.25, 0.3) is 11.3 Å². The van der Waals surface area contributed by atoms with Crippen LogP contribution < -0.4 is 0 Å². The highest BCUT2D eigenvalue weighted by Crippen LogP contribution is 2.31. The first kappa shape index (κ1) is 18.4. The van der Waals surface area contributed by atoms with Crippen LogP contribution >= 0.6 is 0 Å². The average molecular weight is 356 g/mol. The molecule has 2 aromatic rings. The first-order valence-electron chi connectivity index (χ1n) is 9.20. The van der Waals surface area contributed by atoms with E-state index in [9.17, 15) is 4.79 Å². The highest BCUT2D eigenvalue weighted by Gasteiger charge is 2.28. The van der Waals surface area contributed by atoms with Gasteiger partial charge in [-0.25, -0.2) is 4.79 Å². The van der Waals surface area contributed by atoms with Crippen molar-refractivity contribution in [2.75, 3.05) is 13.1 Å². The summed E-state index contributed by atoms with van der Waals surface area (Å²) in [7, 11) is 0. The summed E-state index contributed by atoms with van der Waals surface area (Å²) in [6, 6.07) is 4.14. The van der Waals surface area contributed by atoms with Gasteiger partial charge in [0.25, 0.3) is 0 Å². The fourth-order valence-electron chi connectivity index (χ4n) is 3.45. The van der Waals surface area contributed by atoms with Crippen molar-refractivity contribution in [2.45, 2.75) is 59.0 Å². The molecule has 1 N–H and O–H groups in total. The number of pyridine rings is 1. The Hall–Kier alpha value is -2.37. The second-order valence-corrected chi connectivity index (χ2v) is 8.04. The van der Waals surface area contributed by atoms with E-state index in [1.54, 1.807) is 4.90 Å². The molecule has 1 fully saturated rings. The van der Waals surface area contributed by atoms with Crippen molar-refractivity contribution in [3.8, 4) is 11.3 Å². The van der Waals surface area contributed by atoms with Gasteiger partial charge in [0.2, 0.25) is 0 Å². The van der Waals surface area contributed by atoms with Gasteiger partial charge in [-0.2, -0.15) is 5.10 Å². The number of hydrogen-bond acceptors (Lipinski definition) is 4. The van der Waals surface area contributed by atoms with E-state index in [-0.39, 0.29) is 6.09 Å². The molecule has 2 aromatic heterocycles. The summed E-state index contributed by atoms with van der Waals surface area (Å²) >= 11 is 0. The van der Waals surface area contributed by atoms with Gasteiger partial charge in [-0.05, 0) is 65.2 Å². The Morgan fingerprint density at radius 2 is 1.96 bits per heavy atom. The number of aryl methyl sites for hydroxylation is 2. The van der Waals surface area contributed by atoms with Crippen LogP contribution in [0.5, 0.6) is 0 Å². The molecule has 6 heteroatoms. The lowest BCUT2D eigenvalue weighted by molar-refractivity contribution is 0.0204. The zero-order valence-corrected chi connectivity index (χ0v) is 16.3. The Labute approximate surface area is 155 Å². The number of carbonyl (C=O) groups excluding carboxylic acids is 1. The Morgan fingerprint density at radius 3 is 2.58 bits per heavy atom. The van der Waals surface area contributed by atoms with Gasteiger partial charge in [-0.3, -0.25) is 10.1 Å². The molecule has 1 saturated heterocycles. The summed E-state index contributed by atoms with van der Waals surface area (Å²) < 4.78 is 5.47. The fourth-order valence-corrected chi connectivity index (χ4v) is 3.45. The summed E-state index contributed by atoms with van der Waals surface area (Å²) in [5, 5.41) is 7.71. The molecule has 0 unspecified atom stereocenters. The molecule has 0 aliphatic carbocycles. The minimum absolute atomic E-state index is 0.220. The molecule has 3 rings (SSSR count). The Bertz CT molecular complexity index is 763. The third-order valence-electron chi connectivity index (χ3n) is 4.79. The molecular formula is C20H28N4O2. The minimum atomic E-state index is -0.453. The van der Waals surface area contributed by atoms with E-state index in [2.05, 4.69) is 28.2 Å². The van der Waals surface area contributed by atoms with Crippen molar-refractivity contribution in [2.24, 2.45) is 0 Å². The summed E-state index contributed by atoms with van der Waals surface area (Å²) in [6.07, 6.45) is 3.43. The van der Waals surface area contributed by atoms with Crippen molar-refractivity contribution < 1.29 is 9.53 Å². The normalized spacial score (nSPS) is 16.0. The molecule has 1 aliphatic rings. The van der Waals surface area contributed by atoms with E-state index in [1.165, 1.54) is 5.56 Å². The van der Waals surface area contributed by atoms with E-state index in [0.717, 1.165) is 35.5 Å². The SMILES string of the molecule is Cc1ccnc(C)c1-c1cc(C2CCN(C(=O)OC(C)(C)C)CC2)[nH]n1. The summed E-state index contributed by atoms with van der Waals surface area (Å²) in [5.41, 5.74) is 4.88. The van der Waals surface area contributed by atoms with Crippen molar-refractivity contribution in [3.63, 3.8) is 0 Å². The molecule has 3 heterocycles. The minimum Gasteiger partial charge on any atom is -0.444 e. The van der Waals surface area contributed by atoms with Crippen molar-refractivity contribution >= 4 is 6.09 Å². The topological polar surface area (TPSA) is 71.1 Å². The van der Waals surface area contributed by atoms with Gasteiger partial charge in [0.15, 0.2) is 0 Å². The molecule has 1 amide bonds. The number of hydrogen-bond donors (Lipinski definition) is 1. The number of ether oxygens (including phenoxy) is 1. The molecule has 0 radical (unpaired) electrons. The average Bonchev–Trinajstić information content (AvgIpc) is 3.03. The van der Waals surface area contributed by atoms with Crippen LogP contribution in [-0.2, 0) is 4.74 Å². The lowest BCUT2D eigenvalue weighted by Crippen LogP contribution is -2.41. The van der Waals surface area contributed by atoms with Crippen LogP contribution in [0.3, 0.4) is 0 Å². The maximum Gasteiger partial charge on any atom is 0.410 e. The standard InChI is InChI=1S/C20H28N4O2/c1-13-6-9-21-14(2)18(13)17-12-16(22-23-17)15-7-10-24(11-8-15)19(25)26-20(3,4)5/h6,9,12,15H,7-8,10-11H2,1-5H3,(H,22,23). The third-order valence-corrected chi connectivity index (χ3v) is 4.79. The van der Waals surface area contributed by atoms with Gasteiger partial charge >= 0.3 is 6.09 Å². The van der Waals surface area contributed by atoms with E-state index >= 15 is 0 Å². The van der Waals surface area contributed by atoms with Crippen LogP contribution in [-0.4, -0.2) is 44.9 Å². The number of nitrogens with one attached hydrogen (secondary N) is 1. The van der Waals surface area contributed by atoms with Gasteiger partial charge in [0.05, 0.1) is 5.69 Å². The van der Waals surface area contributed by atoms with Crippen LogP contribution in [0.1, 0.15) is 56.5 Å². The first-order valence-corrected chi connectivity index (χ1v) is 9.20. The summed E-state index contributed by atoms with van der Waals surface area (Å²) in [4.78, 5) is 18.4. The molecule has 0 saturated carbocycles. The Balaban J connectivity index is 1.66. The largest absolute Gasteiger partial charge is 0.444 e. The Kier molecular flexibility index (Phi) is 5.03. The second-order valence-electron chi connectivity index (χ2n) is 8.04. The highest BCUT2D eigenvalue weighted by molar-refractivity contribution is 5.68. The number of likely N-dealkylation sites (tertiary alicyclic amines) is 1. The van der Waals surface area contributed by atoms with Gasteiger partial charge in [0.1, 0.15) is 5.60 Å². The third kappa shape index (κ3) is 4.06.